The fraction of sp³-hybridized carbons (Fsp3) is 0.333. The number of rotatable bonds is 8. The van der Waals surface area contributed by atoms with Crippen LogP contribution < -0.4 is 20.7 Å². The average molecular weight is 637 g/mol. The highest BCUT2D eigenvalue weighted by Crippen LogP contribution is 2.38. The number of hydrogen-bond acceptors (Lipinski definition) is 4. The summed E-state index contributed by atoms with van der Waals surface area (Å²) in [6.45, 7) is 13.6. The van der Waals surface area contributed by atoms with Crippen molar-refractivity contribution in [2.45, 2.75) is 51.6 Å². The molecule has 0 unspecified atom stereocenters. The molecule has 4 rings (SSSR count). The standard InChI is InChI=1S/C18H24O2Si.C16H19ClSi.C2H6O2/c1-18(2,3)21(20-15-14-19,16-10-6-4-7-11-16)17-12-8-5-9-13-17;1-16(2,3)18(17,14-10-6-4-7-11-14)15-12-8-5-9-13-15;3-1-2-4/h4-13,19H,14-15H2,1-3H3;4-13H,1-3H3;3-4H,1-2H2. The second-order valence-corrected chi connectivity index (χ2v) is 22.3. The SMILES string of the molecule is CC(C)(C)[Si](Cl)(c1ccccc1)c1ccccc1.CC(C)(C)[Si](OCCO)(c1ccccc1)c1ccccc1.OCCO. The van der Waals surface area contributed by atoms with Crippen molar-refractivity contribution in [2.75, 3.05) is 26.4 Å². The van der Waals surface area contributed by atoms with Crippen molar-refractivity contribution in [2.24, 2.45) is 0 Å². The van der Waals surface area contributed by atoms with Gasteiger partial charge in [0.15, 0.2) is 0 Å². The van der Waals surface area contributed by atoms with Crippen LogP contribution in [0.15, 0.2) is 121 Å². The van der Waals surface area contributed by atoms with Crippen LogP contribution in [-0.2, 0) is 4.43 Å². The van der Waals surface area contributed by atoms with Gasteiger partial charge in [-0.1, -0.05) is 163 Å². The minimum atomic E-state index is -2.43. The summed E-state index contributed by atoms with van der Waals surface area (Å²) in [5.74, 6) is 0. The molecule has 7 heteroatoms. The lowest BCUT2D eigenvalue weighted by atomic mass is 10.2. The van der Waals surface area contributed by atoms with Crippen LogP contribution in [0.2, 0.25) is 10.1 Å². The van der Waals surface area contributed by atoms with E-state index in [0.29, 0.717) is 6.61 Å². The van der Waals surface area contributed by atoms with Crippen molar-refractivity contribution in [3.8, 4) is 0 Å². The molecule has 0 bridgehead atoms. The maximum atomic E-state index is 9.29. The molecule has 4 aromatic carbocycles. The molecule has 0 heterocycles. The quantitative estimate of drug-likeness (QED) is 0.181. The maximum absolute atomic E-state index is 9.29. The van der Waals surface area contributed by atoms with Crippen molar-refractivity contribution >= 4 is 47.5 Å². The molecule has 0 radical (unpaired) electrons. The molecule has 0 aliphatic rings. The van der Waals surface area contributed by atoms with E-state index in [2.05, 4.69) is 139 Å². The molecule has 0 spiro atoms. The third-order valence-corrected chi connectivity index (χ3v) is 19.7. The number of halogens is 1. The van der Waals surface area contributed by atoms with Crippen molar-refractivity contribution in [3.63, 3.8) is 0 Å². The predicted molar refractivity (Wildman–Crippen MR) is 188 cm³/mol. The Morgan fingerprint density at radius 2 is 0.791 bits per heavy atom. The fourth-order valence-electron chi connectivity index (χ4n) is 5.33. The van der Waals surface area contributed by atoms with E-state index in [9.17, 15) is 5.11 Å². The zero-order chi connectivity index (χ0) is 32.0. The molecule has 43 heavy (non-hydrogen) atoms. The number of aliphatic hydroxyl groups excluding tert-OH is 3. The highest BCUT2D eigenvalue weighted by Gasteiger charge is 2.50. The summed E-state index contributed by atoms with van der Waals surface area (Å²) in [6, 6.07) is 42.0. The summed E-state index contributed by atoms with van der Waals surface area (Å²) in [6.07, 6.45) is 0. The largest absolute Gasteiger partial charge is 0.405 e. The average Bonchev–Trinajstić information content (AvgIpc) is 3.02. The van der Waals surface area contributed by atoms with Gasteiger partial charge in [-0.05, 0) is 30.8 Å². The Balaban J connectivity index is 0.000000269. The summed E-state index contributed by atoms with van der Waals surface area (Å²) >= 11 is 7.21. The third kappa shape index (κ3) is 9.22. The summed E-state index contributed by atoms with van der Waals surface area (Å²) in [5, 5.41) is 29.6. The number of aliphatic hydroxyl groups is 3. The summed E-state index contributed by atoms with van der Waals surface area (Å²) in [5.41, 5.74) is 0. The fourth-order valence-corrected chi connectivity index (χ4v) is 14.0. The first kappa shape index (κ1) is 36.6. The van der Waals surface area contributed by atoms with Crippen molar-refractivity contribution in [1.82, 2.24) is 0 Å². The monoisotopic (exact) mass is 636 g/mol. The van der Waals surface area contributed by atoms with E-state index in [1.54, 1.807) is 0 Å². The Bertz CT molecular complexity index is 1210. The molecule has 0 saturated heterocycles. The molecular formula is C36H49ClO4Si2. The van der Waals surface area contributed by atoms with Gasteiger partial charge in [-0.15, -0.1) is 0 Å². The Labute approximate surface area is 265 Å². The molecule has 0 aliphatic heterocycles. The second-order valence-electron chi connectivity index (χ2n) is 12.3. The van der Waals surface area contributed by atoms with Crippen molar-refractivity contribution in [1.29, 1.82) is 0 Å². The van der Waals surface area contributed by atoms with Gasteiger partial charge in [0, 0.05) is 0 Å². The van der Waals surface area contributed by atoms with E-state index < -0.39 is 15.7 Å². The van der Waals surface area contributed by atoms with E-state index in [-0.39, 0.29) is 29.9 Å². The van der Waals surface area contributed by atoms with Crippen LogP contribution in [0, 0.1) is 0 Å². The zero-order valence-corrected chi connectivity index (χ0v) is 29.3. The predicted octanol–water partition coefficient (Wildman–Crippen LogP) is 5.31. The zero-order valence-electron chi connectivity index (χ0n) is 26.5. The lowest BCUT2D eigenvalue weighted by molar-refractivity contribution is 0.186. The Kier molecular flexibility index (Phi) is 14.5. The third-order valence-electron chi connectivity index (χ3n) is 7.30. The van der Waals surface area contributed by atoms with Gasteiger partial charge in [-0.2, -0.15) is 11.1 Å². The topological polar surface area (TPSA) is 69.9 Å². The van der Waals surface area contributed by atoms with Gasteiger partial charge >= 0.3 is 0 Å². The normalized spacial score (nSPS) is 12.0. The molecule has 0 fully saturated rings. The minimum absolute atomic E-state index is 0.0229. The molecule has 3 N–H and O–H groups in total. The highest BCUT2D eigenvalue weighted by molar-refractivity contribution is 7.35. The summed E-state index contributed by atoms with van der Waals surface area (Å²) in [7, 11) is -4.66. The van der Waals surface area contributed by atoms with Crippen molar-refractivity contribution < 1.29 is 19.7 Å². The molecule has 4 aromatic rings. The maximum Gasteiger partial charge on any atom is 0.261 e. The molecule has 0 atom stereocenters. The van der Waals surface area contributed by atoms with E-state index in [4.69, 9.17) is 25.7 Å². The highest BCUT2D eigenvalue weighted by atomic mass is 35.6. The van der Waals surface area contributed by atoms with Gasteiger partial charge in [0.05, 0.1) is 26.4 Å². The van der Waals surface area contributed by atoms with Crippen LogP contribution in [0.25, 0.3) is 0 Å². The summed E-state index contributed by atoms with van der Waals surface area (Å²) < 4.78 is 6.40. The second kappa shape index (κ2) is 17.1. The molecule has 0 aromatic heterocycles. The smallest absolute Gasteiger partial charge is 0.261 e. The first-order chi connectivity index (χ1) is 20.4. The van der Waals surface area contributed by atoms with Crippen LogP contribution in [0.5, 0.6) is 0 Å². The van der Waals surface area contributed by atoms with E-state index in [1.165, 1.54) is 20.7 Å². The van der Waals surface area contributed by atoms with Gasteiger partial charge in [0.1, 0.15) is 0 Å². The molecule has 232 valence electrons. The Morgan fingerprint density at radius 1 is 0.488 bits per heavy atom. The molecular weight excluding hydrogens is 588 g/mol. The van der Waals surface area contributed by atoms with Crippen LogP contribution in [0.1, 0.15) is 41.5 Å². The Hall–Kier alpha value is -2.56. The molecule has 0 saturated carbocycles. The minimum Gasteiger partial charge on any atom is -0.405 e. The van der Waals surface area contributed by atoms with Gasteiger partial charge in [0.2, 0.25) is 7.38 Å². The molecule has 0 amide bonds. The van der Waals surface area contributed by atoms with Gasteiger partial charge in [0.25, 0.3) is 8.32 Å². The molecule has 0 aliphatic carbocycles. The van der Waals surface area contributed by atoms with Crippen LogP contribution in [0.3, 0.4) is 0 Å². The number of benzene rings is 4. The van der Waals surface area contributed by atoms with Gasteiger partial charge in [-0.3, -0.25) is 0 Å². The molecule has 4 nitrogen and oxygen atoms in total. The first-order valence-electron chi connectivity index (χ1n) is 14.8. The van der Waals surface area contributed by atoms with E-state index in [0.717, 1.165) is 0 Å². The van der Waals surface area contributed by atoms with Gasteiger partial charge in [-0.25, -0.2) is 0 Å². The van der Waals surface area contributed by atoms with E-state index in [1.807, 2.05) is 24.3 Å². The van der Waals surface area contributed by atoms with Crippen molar-refractivity contribution in [3.05, 3.63) is 121 Å². The number of hydrogen-bond donors (Lipinski definition) is 3. The Morgan fingerprint density at radius 3 is 1.02 bits per heavy atom. The van der Waals surface area contributed by atoms with Crippen LogP contribution in [0.4, 0.5) is 0 Å². The van der Waals surface area contributed by atoms with Gasteiger partial charge < -0.3 is 19.7 Å². The van der Waals surface area contributed by atoms with Crippen LogP contribution >= 0.6 is 11.1 Å². The lowest BCUT2D eigenvalue weighted by Crippen LogP contribution is -2.66. The van der Waals surface area contributed by atoms with Crippen LogP contribution in [-0.4, -0.2) is 57.4 Å². The lowest BCUT2D eigenvalue weighted by Gasteiger charge is -2.42. The van der Waals surface area contributed by atoms with E-state index >= 15 is 0 Å². The first-order valence-corrected chi connectivity index (χ1v) is 19.7. The summed E-state index contributed by atoms with van der Waals surface area (Å²) in [4.78, 5) is 0.